The van der Waals surface area contributed by atoms with E-state index in [1.165, 1.54) is 0 Å². The first-order chi connectivity index (χ1) is 6.20. The van der Waals surface area contributed by atoms with Crippen molar-refractivity contribution in [2.75, 3.05) is 0 Å². The molecule has 2 N–H and O–H groups in total. The van der Waals surface area contributed by atoms with Crippen molar-refractivity contribution < 1.29 is 9.90 Å². The third-order valence-electron chi connectivity index (χ3n) is 2.07. The van der Waals surface area contributed by atoms with Crippen molar-refractivity contribution in [3.05, 3.63) is 27.7 Å². The van der Waals surface area contributed by atoms with Crippen LogP contribution in [0.1, 0.15) is 34.8 Å². The molecular weight excluding hydrogens is 172 g/mol. The van der Waals surface area contributed by atoms with Crippen molar-refractivity contribution in [1.29, 1.82) is 0 Å². The van der Waals surface area contributed by atoms with E-state index in [0.717, 1.165) is 19.0 Å². The highest BCUT2D eigenvalue weighted by molar-refractivity contribution is 5.87. The monoisotopic (exact) mass is 180 g/mol. The van der Waals surface area contributed by atoms with Crippen molar-refractivity contribution >= 4 is 5.97 Å². The van der Waals surface area contributed by atoms with Crippen LogP contribution < -0.4 is 5.43 Å². The molecule has 0 radical (unpaired) electrons. The number of hydrogen-bond donors (Lipinski definition) is 2. The highest BCUT2D eigenvalue weighted by atomic mass is 16.4. The van der Waals surface area contributed by atoms with Gasteiger partial charge < -0.3 is 5.11 Å². The lowest BCUT2D eigenvalue weighted by Gasteiger charge is -1.96. The number of aromatic amines is 1. The van der Waals surface area contributed by atoms with Gasteiger partial charge in [0.25, 0.3) is 0 Å². The molecule has 0 aliphatic heterocycles. The number of aromatic carboxylic acids is 1. The van der Waals surface area contributed by atoms with Gasteiger partial charge >= 0.3 is 5.97 Å². The average molecular weight is 180 g/mol. The highest BCUT2D eigenvalue weighted by Crippen LogP contribution is 2.36. The number of aromatic nitrogens is 2. The molecule has 1 aromatic heterocycles. The van der Waals surface area contributed by atoms with Crippen molar-refractivity contribution in [3.63, 3.8) is 0 Å². The van der Waals surface area contributed by atoms with Gasteiger partial charge in [0.1, 0.15) is 11.3 Å². The first-order valence-corrected chi connectivity index (χ1v) is 4.01. The van der Waals surface area contributed by atoms with Crippen LogP contribution >= 0.6 is 0 Å². The zero-order chi connectivity index (χ0) is 9.42. The minimum Gasteiger partial charge on any atom is -0.477 e. The van der Waals surface area contributed by atoms with Crippen molar-refractivity contribution in [1.82, 2.24) is 10.2 Å². The molecule has 1 aliphatic rings. The summed E-state index contributed by atoms with van der Waals surface area (Å²) < 4.78 is 0. The van der Waals surface area contributed by atoms with Gasteiger partial charge in [-0.3, -0.25) is 9.89 Å². The minimum atomic E-state index is -1.20. The van der Waals surface area contributed by atoms with Crippen LogP contribution in [0.5, 0.6) is 0 Å². The van der Waals surface area contributed by atoms with Gasteiger partial charge in [0.05, 0.1) is 0 Å². The SMILES string of the molecule is O=C(O)c1c[nH]nc(C2CC2)c1=O. The van der Waals surface area contributed by atoms with Gasteiger partial charge in [-0.2, -0.15) is 5.10 Å². The molecule has 1 saturated carbocycles. The van der Waals surface area contributed by atoms with Crippen molar-refractivity contribution in [2.45, 2.75) is 18.8 Å². The fraction of sp³-hybridized carbons (Fsp3) is 0.375. The third kappa shape index (κ3) is 1.32. The van der Waals surface area contributed by atoms with Gasteiger partial charge in [-0.15, -0.1) is 0 Å². The molecule has 2 rings (SSSR count). The van der Waals surface area contributed by atoms with E-state index in [2.05, 4.69) is 10.2 Å². The molecule has 13 heavy (non-hydrogen) atoms. The number of nitrogens with one attached hydrogen (secondary N) is 1. The Hall–Kier alpha value is -1.65. The van der Waals surface area contributed by atoms with E-state index in [1.807, 2.05) is 0 Å². The molecule has 1 aromatic rings. The number of carbonyl (C=O) groups is 1. The molecule has 1 heterocycles. The van der Waals surface area contributed by atoms with E-state index >= 15 is 0 Å². The molecule has 0 aromatic carbocycles. The predicted octanol–water partition coefficient (Wildman–Crippen LogP) is 0.345. The van der Waals surface area contributed by atoms with Gasteiger partial charge in [-0.1, -0.05) is 0 Å². The summed E-state index contributed by atoms with van der Waals surface area (Å²) in [6.07, 6.45) is 2.98. The molecule has 0 spiro atoms. The quantitative estimate of drug-likeness (QED) is 0.687. The van der Waals surface area contributed by atoms with Crippen LogP contribution in [0.15, 0.2) is 11.0 Å². The predicted molar refractivity (Wildman–Crippen MR) is 43.8 cm³/mol. The van der Waals surface area contributed by atoms with Gasteiger partial charge in [-0.05, 0) is 12.8 Å². The Labute approximate surface area is 73.4 Å². The topological polar surface area (TPSA) is 83.0 Å². The summed E-state index contributed by atoms with van der Waals surface area (Å²) in [6.45, 7) is 0. The summed E-state index contributed by atoms with van der Waals surface area (Å²) in [5, 5.41) is 14.9. The molecule has 68 valence electrons. The summed E-state index contributed by atoms with van der Waals surface area (Å²) in [6, 6.07) is 0. The van der Waals surface area contributed by atoms with Crippen molar-refractivity contribution in [3.8, 4) is 0 Å². The molecule has 0 amide bonds. The molecule has 1 fully saturated rings. The smallest absolute Gasteiger partial charge is 0.341 e. The van der Waals surface area contributed by atoms with Crippen LogP contribution in [0.25, 0.3) is 0 Å². The van der Waals surface area contributed by atoms with E-state index < -0.39 is 11.4 Å². The second kappa shape index (κ2) is 2.69. The molecule has 0 atom stereocenters. The van der Waals surface area contributed by atoms with Crippen LogP contribution in [0.4, 0.5) is 0 Å². The zero-order valence-corrected chi connectivity index (χ0v) is 6.78. The molecule has 0 saturated heterocycles. The Morgan fingerprint density at radius 2 is 2.31 bits per heavy atom. The van der Waals surface area contributed by atoms with Crippen LogP contribution in [-0.2, 0) is 0 Å². The van der Waals surface area contributed by atoms with Gasteiger partial charge in [0.15, 0.2) is 0 Å². The number of carboxylic acids is 1. The summed E-state index contributed by atoms with van der Waals surface area (Å²) in [7, 11) is 0. The average Bonchev–Trinajstić information content (AvgIpc) is 2.87. The van der Waals surface area contributed by atoms with E-state index in [1.54, 1.807) is 0 Å². The molecular formula is C8H8N2O3. The summed E-state index contributed by atoms with van der Waals surface area (Å²) in [5.74, 6) is -1.03. The van der Waals surface area contributed by atoms with Crippen LogP contribution in [0.2, 0.25) is 0 Å². The van der Waals surface area contributed by atoms with Crippen LogP contribution in [0, 0.1) is 0 Å². The Kier molecular flexibility index (Phi) is 1.65. The normalized spacial score (nSPS) is 15.7. The Morgan fingerprint density at radius 1 is 1.62 bits per heavy atom. The van der Waals surface area contributed by atoms with E-state index in [9.17, 15) is 9.59 Å². The number of carboxylic acid groups (broad SMARTS) is 1. The van der Waals surface area contributed by atoms with Crippen LogP contribution in [0.3, 0.4) is 0 Å². The highest BCUT2D eigenvalue weighted by Gasteiger charge is 2.29. The Morgan fingerprint density at radius 3 is 2.85 bits per heavy atom. The molecule has 5 heteroatoms. The lowest BCUT2D eigenvalue weighted by Crippen LogP contribution is -2.20. The minimum absolute atomic E-state index is 0.169. The fourth-order valence-corrected chi connectivity index (χ4v) is 1.21. The molecule has 0 unspecified atom stereocenters. The van der Waals surface area contributed by atoms with E-state index in [4.69, 9.17) is 5.11 Å². The standard InChI is InChI=1S/C8H8N2O3/c11-7-5(8(12)13)3-9-10-6(7)4-1-2-4/h3-4H,1-2H2,(H,9,11)(H,12,13). The molecule has 1 aliphatic carbocycles. The van der Waals surface area contributed by atoms with Gasteiger partial charge in [0, 0.05) is 12.1 Å². The van der Waals surface area contributed by atoms with E-state index in [-0.39, 0.29) is 11.5 Å². The first kappa shape index (κ1) is 7.97. The Balaban J connectivity index is 2.54. The number of H-pyrrole nitrogens is 1. The maximum Gasteiger partial charge on any atom is 0.341 e. The second-order valence-corrected chi connectivity index (χ2v) is 3.09. The van der Waals surface area contributed by atoms with Gasteiger partial charge in [0.2, 0.25) is 5.43 Å². The summed E-state index contributed by atoms with van der Waals surface area (Å²) in [4.78, 5) is 22.0. The third-order valence-corrected chi connectivity index (χ3v) is 2.07. The van der Waals surface area contributed by atoms with Crippen molar-refractivity contribution in [2.24, 2.45) is 0 Å². The molecule has 5 nitrogen and oxygen atoms in total. The first-order valence-electron chi connectivity index (χ1n) is 4.01. The fourth-order valence-electron chi connectivity index (χ4n) is 1.21. The maximum absolute atomic E-state index is 11.4. The number of hydrogen-bond acceptors (Lipinski definition) is 3. The number of rotatable bonds is 2. The van der Waals surface area contributed by atoms with Gasteiger partial charge in [-0.25, -0.2) is 4.79 Å². The largest absolute Gasteiger partial charge is 0.477 e. The lowest BCUT2D eigenvalue weighted by molar-refractivity contribution is 0.0694. The summed E-state index contributed by atoms with van der Waals surface area (Å²) in [5.41, 5.74) is -0.314. The lowest BCUT2D eigenvalue weighted by atomic mass is 10.2. The summed E-state index contributed by atoms with van der Waals surface area (Å²) >= 11 is 0. The van der Waals surface area contributed by atoms with E-state index in [0.29, 0.717) is 5.69 Å². The Bertz CT molecular complexity index is 406. The molecule has 0 bridgehead atoms. The maximum atomic E-state index is 11.4. The number of nitrogens with zero attached hydrogens (tertiary/aromatic N) is 1. The zero-order valence-electron chi connectivity index (χ0n) is 6.78. The second-order valence-electron chi connectivity index (χ2n) is 3.09. The van der Waals surface area contributed by atoms with Crippen LogP contribution in [-0.4, -0.2) is 21.3 Å².